The standard InChI is InChI=1S/C20H23N3O3S2/c1-14-9-10-19(20(21-14)23-11-5-6-15(12-23)26-2)28(24,25)22-17-13-27-18-8-4-3-7-16(17)18/h3-10,15,17,22H,11-13H2,1-2H3. The van der Waals surface area contributed by atoms with E-state index in [1.807, 2.05) is 48.2 Å². The summed E-state index contributed by atoms with van der Waals surface area (Å²) in [4.78, 5) is 7.85. The molecule has 3 heterocycles. The summed E-state index contributed by atoms with van der Waals surface area (Å²) in [5, 5.41) is 0. The molecule has 4 rings (SSSR count). The zero-order valence-electron chi connectivity index (χ0n) is 15.8. The van der Waals surface area contributed by atoms with Crippen LogP contribution in [0, 0.1) is 6.92 Å². The van der Waals surface area contributed by atoms with Crippen LogP contribution in [0.1, 0.15) is 17.3 Å². The van der Waals surface area contributed by atoms with Crippen LogP contribution in [0.5, 0.6) is 0 Å². The van der Waals surface area contributed by atoms with Crippen LogP contribution in [-0.4, -0.2) is 45.5 Å². The molecule has 2 atom stereocenters. The van der Waals surface area contributed by atoms with E-state index in [0.717, 1.165) is 16.2 Å². The van der Waals surface area contributed by atoms with E-state index in [9.17, 15) is 8.42 Å². The average Bonchev–Trinajstić information content (AvgIpc) is 3.10. The first kappa shape index (κ1) is 19.4. The number of methoxy groups -OCH3 is 1. The highest BCUT2D eigenvalue weighted by Gasteiger charge is 2.31. The Balaban J connectivity index is 1.66. The summed E-state index contributed by atoms with van der Waals surface area (Å²) in [5.74, 6) is 1.16. The maximum atomic E-state index is 13.3. The quantitative estimate of drug-likeness (QED) is 0.755. The van der Waals surface area contributed by atoms with Crippen LogP contribution in [0.4, 0.5) is 5.82 Å². The van der Waals surface area contributed by atoms with E-state index in [4.69, 9.17) is 4.74 Å². The van der Waals surface area contributed by atoms with Gasteiger partial charge in [0.15, 0.2) is 0 Å². The molecule has 148 valence electrons. The molecule has 1 aromatic carbocycles. The molecule has 2 aliphatic rings. The maximum Gasteiger partial charge on any atom is 0.244 e. The molecule has 2 aliphatic heterocycles. The number of aryl methyl sites for hydroxylation is 1. The predicted octanol–water partition coefficient (Wildman–Crippen LogP) is 2.91. The molecule has 0 fully saturated rings. The first-order valence-corrected chi connectivity index (χ1v) is 11.6. The Bertz CT molecular complexity index is 1010. The van der Waals surface area contributed by atoms with E-state index < -0.39 is 10.0 Å². The van der Waals surface area contributed by atoms with Gasteiger partial charge in [-0.1, -0.05) is 30.4 Å². The minimum absolute atomic E-state index is 0.0855. The summed E-state index contributed by atoms with van der Waals surface area (Å²) in [6.07, 6.45) is 3.89. The molecule has 0 spiro atoms. The monoisotopic (exact) mass is 417 g/mol. The maximum absolute atomic E-state index is 13.3. The fourth-order valence-corrected chi connectivity index (χ4v) is 6.14. The van der Waals surface area contributed by atoms with Gasteiger partial charge in [-0.15, -0.1) is 11.8 Å². The fourth-order valence-electron chi connectivity index (χ4n) is 3.50. The largest absolute Gasteiger partial charge is 0.376 e. The third kappa shape index (κ3) is 3.82. The molecule has 0 amide bonds. The number of hydrogen-bond donors (Lipinski definition) is 1. The smallest absolute Gasteiger partial charge is 0.244 e. The van der Waals surface area contributed by atoms with Gasteiger partial charge in [0.2, 0.25) is 10.0 Å². The number of fused-ring (bicyclic) bond motifs is 1. The second kappa shape index (κ2) is 7.87. The summed E-state index contributed by atoms with van der Waals surface area (Å²) in [6, 6.07) is 11.1. The molecule has 6 nitrogen and oxygen atoms in total. The van der Waals surface area contributed by atoms with Gasteiger partial charge in [-0.3, -0.25) is 0 Å². The van der Waals surface area contributed by atoms with Crippen LogP contribution in [0.3, 0.4) is 0 Å². The lowest BCUT2D eigenvalue weighted by molar-refractivity contribution is 0.142. The Morgan fingerprint density at radius 1 is 1.25 bits per heavy atom. The summed E-state index contributed by atoms with van der Waals surface area (Å²) in [7, 11) is -2.09. The van der Waals surface area contributed by atoms with Crippen LogP contribution in [0.2, 0.25) is 0 Å². The second-order valence-electron chi connectivity index (χ2n) is 6.90. The zero-order valence-corrected chi connectivity index (χ0v) is 17.5. The van der Waals surface area contributed by atoms with Crippen LogP contribution in [0.25, 0.3) is 0 Å². The van der Waals surface area contributed by atoms with Gasteiger partial charge in [0.05, 0.1) is 12.1 Å². The highest BCUT2D eigenvalue weighted by Crippen LogP contribution is 2.39. The molecule has 0 bridgehead atoms. The molecule has 1 N–H and O–H groups in total. The number of nitrogens with zero attached hydrogens (tertiary/aromatic N) is 2. The van der Waals surface area contributed by atoms with E-state index in [1.165, 1.54) is 0 Å². The predicted molar refractivity (Wildman–Crippen MR) is 111 cm³/mol. The highest BCUT2D eigenvalue weighted by atomic mass is 32.2. The van der Waals surface area contributed by atoms with Crippen molar-refractivity contribution in [1.29, 1.82) is 0 Å². The van der Waals surface area contributed by atoms with Gasteiger partial charge in [-0.25, -0.2) is 18.1 Å². The Hall–Kier alpha value is -1.87. The molecular weight excluding hydrogens is 394 g/mol. The number of benzene rings is 1. The third-order valence-corrected chi connectivity index (χ3v) is 7.62. The Labute approximate surface area is 170 Å². The first-order valence-electron chi connectivity index (χ1n) is 9.14. The number of ether oxygens (including phenoxy) is 1. The minimum atomic E-state index is -3.74. The number of pyridine rings is 1. The number of hydrogen-bond acceptors (Lipinski definition) is 6. The van der Waals surface area contributed by atoms with Crippen molar-refractivity contribution in [2.75, 3.05) is 30.9 Å². The molecule has 0 saturated carbocycles. The van der Waals surface area contributed by atoms with E-state index in [0.29, 0.717) is 24.7 Å². The lowest BCUT2D eigenvalue weighted by Gasteiger charge is -2.30. The summed E-state index contributed by atoms with van der Waals surface area (Å²) < 4.78 is 34.9. The van der Waals surface area contributed by atoms with Crippen molar-refractivity contribution in [1.82, 2.24) is 9.71 Å². The van der Waals surface area contributed by atoms with Crippen molar-refractivity contribution >= 4 is 27.6 Å². The Morgan fingerprint density at radius 2 is 2.07 bits per heavy atom. The fraction of sp³-hybridized carbons (Fsp3) is 0.350. The number of rotatable bonds is 5. The van der Waals surface area contributed by atoms with Gasteiger partial charge in [0, 0.05) is 36.5 Å². The van der Waals surface area contributed by atoms with Crippen molar-refractivity contribution in [3.05, 3.63) is 59.8 Å². The van der Waals surface area contributed by atoms with Crippen LogP contribution < -0.4 is 9.62 Å². The molecule has 28 heavy (non-hydrogen) atoms. The SMILES string of the molecule is COC1C=CCN(c2nc(C)ccc2S(=O)(=O)NC2CSc3ccccc32)C1. The number of thioether (sulfide) groups is 1. The summed E-state index contributed by atoms with van der Waals surface area (Å²) >= 11 is 1.67. The van der Waals surface area contributed by atoms with Crippen LogP contribution in [0.15, 0.2) is 58.3 Å². The lowest BCUT2D eigenvalue weighted by atomic mass is 10.1. The van der Waals surface area contributed by atoms with Gasteiger partial charge >= 0.3 is 0 Å². The normalized spacial score (nSPS) is 21.7. The van der Waals surface area contributed by atoms with Gasteiger partial charge in [-0.2, -0.15) is 0 Å². The third-order valence-electron chi connectivity index (χ3n) is 4.94. The minimum Gasteiger partial charge on any atom is -0.376 e. The van der Waals surface area contributed by atoms with Crippen molar-refractivity contribution in [2.24, 2.45) is 0 Å². The Morgan fingerprint density at radius 3 is 2.89 bits per heavy atom. The number of anilines is 1. The van der Waals surface area contributed by atoms with Gasteiger partial charge in [0.1, 0.15) is 10.7 Å². The van der Waals surface area contributed by atoms with Gasteiger partial charge in [-0.05, 0) is 30.7 Å². The number of nitrogens with one attached hydrogen (secondary N) is 1. The van der Waals surface area contributed by atoms with Crippen molar-refractivity contribution in [2.45, 2.75) is 28.9 Å². The van der Waals surface area contributed by atoms with E-state index in [2.05, 4.69) is 9.71 Å². The van der Waals surface area contributed by atoms with E-state index >= 15 is 0 Å². The van der Waals surface area contributed by atoms with Crippen molar-refractivity contribution < 1.29 is 13.2 Å². The van der Waals surface area contributed by atoms with Crippen molar-refractivity contribution in [3.8, 4) is 0 Å². The van der Waals surface area contributed by atoms with Crippen LogP contribution >= 0.6 is 11.8 Å². The van der Waals surface area contributed by atoms with Gasteiger partial charge < -0.3 is 9.64 Å². The molecule has 0 aliphatic carbocycles. The zero-order chi connectivity index (χ0) is 19.7. The Kier molecular flexibility index (Phi) is 5.46. The van der Waals surface area contributed by atoms with Crippen molar-refractivity contribution in [3.63, 3.8) is 0 Å². The molecule has 8 heteroatoms. The average molecular weight is 418 g/mol. The highest BCUT2D eigenvalue weighted by molar-refractivity contribution is 7.99. The molecule has 0 saturated heterocycles. The van der Waals surface area contributed by atoms with E-state index in [1.54, 1.807) is 31.0 Å². The second-order valence-corrected chi connectivity index (χ2v) is 9.65. The molecule has 0 radical (unpaired) electrons. The van der Waals surface area contributed by atoms with E-state index in [-0.39, 0.29) is 17.0 Å². The summed E-state index contributed by atoms with van der Waals surface area (Å²) in [5.41, 5.74) is 1.80. The number of aromatic nitrogens is 1. The topological polar surface area (TPSA) is 71.5 Å². The first-order chi connectivity index (χ1) is 13.5. The summed E-state index contributed by atoms with van der Waals surface area (Å²) in [6.45, 7) is 3.03. The van der Waals surface area contributed by atoms with Crippen LogP contribution in [-0.2, 0) is 14.8 Å². The molecule has 1 aromatic heterocycles. The molecule has 2 aromatic rings. The molecule has 2 unspecified atom stereocenters. The van der Waals surface area contributed by atoms with Gasteiger partial charge in [0.25, 0.3) is 0 Å². The molecular formula is C20H23N3O3S2. The number of sulfonamides is 1. The lowest BCUT2D eigenvalue weighted by Crippen LogP contribution is -2.38.